The van der Waals surface area contributed by atoms with E-state index in [1.165, 1.54) is 16.8 Å². The number of benzene rings is 1. The first-order chi connectivity index (χ1) is 20.4. The second-order valence-corrected chi connectivity index (χ2v) is 13.9. The zero-order valence-corrected chi connectivity index (χ0v) is 24.6. The Hall–Kier alpha value is -3.55. The SMILES string of the molecule is C[C@H]1C[C@@H](c2ccncc2Nc2ncc3ccc(-c4c(F)cc(C5(F)CCOCC5)cc4F)nn23)C[C@@H](N)[C@@H]1S(C)(=O)=O. The zero-order chi connectivity index (χ0) is 30.5. The van der Waals surface area contributed by atoms with Crippen LogP contribution in [0.3, 0.4) is 0 Å². The molecule has 0 spiro atoms. The molecule has 4 atom stereocenters. The Morgan fingerprint density at radius 2 is 1.81 bits per heavy atom. The predicted molar refractivity (Wildman–Crippen MR) is 156 cm³/mol. The number of nitrogens with two attached hydrogens (primary N) is 1. The van der Waals surface area contributed by atoms with E-state index in [1.807, 2.05) is 13.0 Å². The van der Waals surface area contributed by atoms with Crippen molar-refractivity contribution in [2.75, 3.05) is 24.8 Å². The molecule has 0 unspecified atom stereocenters. The number of fused-ring (bicyclic) bond motifs is 1. The summed E-state index contributed by atoms with van der Waals surface area (Å²) in [6, 6.07) is 6.55. The van der Waals surface area contributed by atoms with Crippen LogP contribution in [0.2, 0.25) is 0 Å². The minimum atomic E-state index is -3.30. The van der Waals surface area contributed by atoms with Crippen molar-refractivity contribution >= 4 is 27.0 Å². The van der Waals surface area contributed by atoms with Crippen molar-refractivity contribution in [2.45, 2.75) is 55.5 Å². The molecule has 1 aromatic carbocycles. The van der Waals surface area contributed by atoms with Gasteiger partial charge < -0.3 is 15.8 Å². The number of ether oxygens (including phenoxy) is 1. The number of anilines is 2. The summed E-state index contributed by atoms with van der Waals surface area (Å²) in [6.07, 6.45) is 7.26. The maximum atomic E-state index is 15.4. The monoisotopic (exact) mass is 614 g/mol. The van der Waals surface area contributed by atoms with E-state index >= 15 is 13.2 Å². The second-order valence-electron chi connectivity index (χ2n) is 11.7. The Morgan fingerprint density at radius 3 is 2.49 bits per heavy atom. The summed E-state index contributed by atoms with van der Waals surface area (Å²) in [5.41, 5.74) is 6.22. The fourth-order valence-electron chi connectivity index (χ4n) is 6.71. The maximum Gasteiger partial charge on any atom is 0.229 e. The standard InChI is InChI=1S/C30H33F3N6O3S/c1-17-11-18(12-24(34)28(17)43(2,40)41)21-5-8-35-16-26(21)37-29-36-15-20-3-4-25(38-39(20)29)27-22(31)13-19(14-23(27)32)30(33)6-9-42-10-7-30/h3-5,8,13-18,24,28H,6-7,9-12,34H2,1-2H3,(H,36,37)/t17-,18+,24+,28+/m0/s1. The van der Waals surface area contributed by atoms with Crippen molar-refractivity contribution in [3.63, 3.8) is 0 Å². The molecule has 0 radical (unpaired) electrons. The van der Waals surface area contributed by atoms with Gasteiger partial charge in [-0.15, -0.1) is 0 Å². The number of halogens is 3. The van der Waals surface area contributed by atoms with Gasteiger partial charge in [0.2, 0.25) is 5.95 Å². The molecule has 4 aromatic rings. The second kappa shape index (κ2) is 11.2. The van der Waals surface area contributed by atoms with Gasteiger partial charge >= 0.3 is 0 Å². The number of aromatic nitrogens is 4. The molecule has 1 aliphatic carbocycles. The first-order valence-corrected chi connectivity index (χ1v) is 16.2. The van der Waals surface area contributed by atoms with E-state index in [-0.39, 0.29) is 60.7 Å². The Labute approximate surface area is 247 Å². The summed E-state index contributed by atoms with van der Waals surface area (Å²) >= 11 is 0. The van der Waals surface area contributed by atoms with Crippen LogP contribution in [0.1, 0.15) is 49.7 Å². The summed E-state index contributed by atoms with van der Waals surface area (Å²) in [5.74, 6) is -1.71. The smallest absolute Gasteiger partial charge is 0.229 e. The minimum absolute atomic E-state index is 0.0142. The van der Waals surface area contributed by atoms with Crippen LogP contribution in [-0.4, -0.2) is 58.8 Å². The third kappa shape index (κ3) is 5.61. The van der Waals surface area contributed by atoms with Crippen LogP contribution < -0.4 is 11.1 Å². The van der Waals surface area contributed by atoms with Gasteiger partial charge in [0.1, 0.15) is 17.3 Å². The number of imidazole rings is 1. The highest BCUT2D eigenvalue weighted by Crippen LogP contribution is 2.42. The number of pyridine rings is 1. The maximum absolute atomic E-state index is 15.4. The van der Waals surface area contributed by atoms with Crippen molar-refractivity contribution in [1.82, 2.24) is 19.6 Å². The largest absolute Gasteiger partial charge is 0.381 e. The molecule has 2 aliphatic rings. The molecular formula is C30H33F3N6O3S. The lowest BCUT2D eigenvalue weighted by Crippen LogP contribution is -2.48. The highest BCUT2D eigenvalue weighted by atomic mass is 32.2. The molecule has 1 aliphatic heterocycles. The molecule has 1 saturated heterocycles. The molecule has 43 heavy (non-hydrogen) atoms. The topological polar surface area (TPSA) is 124 Å². The van der Waals surface area contributed by atoms with Gasteiger partial charge in [-0.05, 0) is 66.1 Å². The van der Waals surface area contributed by atoms with Crippen LogP contribution in [0, 0.1) is 17.6 Å². The Bertz CT molecular complexity index is 1740. The summed E-state index contributed by atoms with van der Waals surface area (Å²) in [4.78, 5) is 8.67. The van der Waals surface area contributed by atoms with Gasteiger partial charge in [0.15, 0.2) is 9.84 Å². The molecule has 9 nitrogen and oxygen atoms in total. The highest BCUT2D eigenvalue weighted by molar-refractivity contribution is 7.91. The zero-order valence-electron chi connectivity index (χ0n) is 23.8. The van der Waals surface area contributed by atoms with Crippen molar-refractivity contribution < 1.29 is 26.3 Å². The van der Waals surface area contributed by atoms with Gasteiger partial charge in [-0.2, -0.15) is 9.61 Å². The van der Waals surface area contributed by atoms with E-state index < -0.39 is 38.4 Å². The lowest BCUT2D eigenvalue weighted by molar-refractivity contribution is -0.0117. The molecule has 0 amide bonds. The van der Waals surface area contributed by atoms with Gasteiger partial charge in [-0.3, -0.25) is 4.98 Å². The van der Waals surface area contributed by atoms with Crippen molar-refractivity contribution in [2.24, 2.45) is 11.7 Å². The quantitative estimate of drug-likeness (QED) is 0.310. The molecule has 6 rings (SSSR count). The van der Waals surface area contributed by atoms with Crippen LogP contribution >= 0.6 is 0 Å². The number of hydrogen-bond donors (Lipinski definition) is 2. The molecule has 1 saturated carbocycles. The van der Waals surface area contributed by atoms with E-state index in [2.05, 4.69) is 20.4 Å². The minimum Gasteiger partial charge on any atom is -0.381 e. The first-order valence-electron chi connectivity index (χ1n) is 14.2. The Kier molecular flexibility index (Phi) is 7.68. The van der Waals surface area contributed by atoms with Gasteiger partial charge in [0.05, 0.1) is 40.1 Å². The first kappa shape index (κ1) is 29.5. The number of nitrogens with one attached hydrogen (secondary N) is 1. The normalized spacial score (nSPS) is 24.2. The van der Waals surface area contributed by atoms with E-state index in [9.17, 15) is 8.42 Å². The van der Waals surface area contributed by atoms with Crippen LogP contribution in [0.4, 0.5) is 24.8 Å². The molecule has 13 heteroatoms. The molecule has 2 fully saturated rings. The van der Waals surface area contributed by atoms with Crippen LogP contribution in [0.5, 0.6) is 0 Å². The lowest BCUT2D eigenvalue weighted by Gasteiger charge is -2.38. The van der Waals surface area contributed by atoms with Gasteiger partial charge in [0, 0.05) is 44.5 Å². The number of rotatable bonds is 6. The number of nitrogens with zero attached hydrogens (tertiary/aromatic N) is 4. The average Bonchev–Trinajstić information content (AvgIpc) is 3.34. The fourth-order valence-corrected chi connectivity index (χ4v) is 8.41. The molecule has 3 aromatic heterocycles. The van der Waals surface area contributed by atoms with Gasteiger partial charge in [0.25, 0.3) is 0 Å². The molecule has 4 heterocycles. The average molecular weight is 615 g/mol. The summed E-state index contributed by atoms with van der Waals surface area (Å²) in [7, 11) is -3.30. The summed E-state index contributed by atoms with van der Waals surface area (Å²) in [5, 5.41) is 7.12. The van der Waals surface area contributed by atoms with E-state index in [4.69, 9.17) is 10.5 Å². The van der Waals surface area contributed by atoms with E-state index in [1.54, 1.807) is 24.7 Å². The van der Waals surface area contributed by atoms with Crippen molar-refractivity contribution in [1.29, 1.82) is 0 Å². The van der Waals surface area contributed by atoms with Crippen molar-refractivity contribution in [3.8, 4) is 11.3 Å². The van der Waals surface area contributed by atoms with Gasteiger partial charge in [-0.25, -0.2) is 26.6 Å². The molecule has 228 valence electrons. The van der Waals surface area contributed by atoms with E-state index in [0.29, 0.717) is 24.0 Å². The third-order valence-electron chi connectivity index (χ3n) is 8.72. The lowest BCUT2D eigenvalue weighted by atomic mass is 9.76. The van der Waals surface area contributed by atoms with Crippen molar-refractivity contribution in [3.05, 3.63) is 71.7 Å². The Morgan fingerprint density at radius 1 is 1.09 bits per heavy atom. The number of alkyl halides is 1. The van der Waals surface area contributed by atoms with Gasteiger partial charge in [-0.1, -0.05) is 6.92 Å². The Balaban J connectivity index is 1.31. The highest BCUT2D eigenvalue weighted by Gasteiger charge is 2.40. The van der Waals surface area contributed by atoms with Crippen LogP contribution in [0.15, 0.2) is 48.9 Å². The van der Waals surface area contributed by atoms with Crippen LogP contribution in [0.25, 0.3) is 16.8 Å². The molecular weight excluding hydrogens is 581 g/mol. The number of sulfone groups is 1. The fraction of sp³-hybridized carbons (Fsp3) is 0.433. The predicted octanol–water partition coefficient (Wildman–Crippen LogP) is 5.04. The summed E-state index contributed by atoms with van der Waals surface area (Å²) < 4.78 is 77.4. The van der Waals surface area contributed by atoms with E-state index in [0.717, 1.165) is 17.7 Å². The molecule has 0 bridgehead atoms. The summed E-state index contributed by atoms with van der Waals surface area (Å²) in [6.45, 7) is 2.27. The number of hydrogen-bond acceptors (Lipinski definition) is 8. The van der Waals surface area contributed by atoms with Crippen LogP contribution in [-0.2, 0) is 20.2 Å². The molecule has 3 N–H and O–H groups in total. The third-order valence-corrected chi connectivity index (χ3v) is 10.5.